The van der Waals surface area contributed by atoms with Gasteiger partial charge < -0.3 is 15.4 Å². The van der Waals surface area contributed by atoms with Gasteiger partial charge in [-0.25, -0.2) is 0 Å². The van der Waals surface area contributed by atoms with Crippen molar-refractivity contribution in [3.05, 3.63) is 0 Å². The van der Waals surface area contributed by atoms with E-state index in [9.17, 15) is 4.79 Å². The van der Waals surface area contributed by atoms with E-state index < -0.39 is 0 Å². The highest BCUT2D eigenvalue weighted by Gasteiger charge is 2.30. The van der Waals surface area contributed by atoms with Crippen LogP contribution in [0.1, 0.15) is 38.5 Å². The number of nitrogens with two attached hydrogens (primary N) is 1. The van der Waals surface area contributed by atoms with Gasteiger partial charge in [-0.1, -0.05) is 12.8 Å². The largest absolute Gasteiger partial charge is 0.371 e. The molecule has 0 radical (unpaired) electrons. The lowest BCUT2D eigenvalue weighted by Gasteiger charge is -2.30. The minimum Gasteiger partial charge on any atom is -0.371 e. The molecule has 0 saturated heterocycles. The maximum Gasteiger partial charge on any atom is 0.248 e. The molecule has 4 nitrogen and oxygen atoms in total. The first-order chi connectivity index (χ1) is 8.72. The average Bonchev–Trinajstić information content (AvgIpc) is 3.22. The minimum atomic E-state index is 0.123. The Morgan fingerprint density at radius 2 is 1.89 bits per heavy atom. The second-order valence-electron chi connectivity index (χ2n) is 5.79. The molecule has 2 fully saturated rings. The number of rotatable bonds is 6. The quantitative estimate of drug-likeness (QED) is 0.779. The van der Waals surface area contributed by atoms with Crippen molar-refractivity contribution in [3.8, 4) is 0 Å². The molecular formula is C14H26N2O2. The summed E-state index contributed by atoms with van der Waals surface area (Å²) in [6.07, 6.45) is 7.30. The molecule has 2 rings (SSSR count). The summed E-state index contributed by atoms with van der Waals surface area (Å²) < 4.78 is 5.62. The Labute approximate surface area is 110 Å². The molecule has 2 aliphatic carbocycles. The van der Waals surface area contributed by atoms with Crippen LogP contribution in [-0.4, -0.2) is 43.7 Å². The molecule has 0 heterocycles. The number of ether oxygens (including phenoxy) is 1. The van der Waals surface area contributed by atoms with Crippen molar-refractivity contribution in [2.75, 3.05) is 26.8 Å². The van der Waals surface area contributed by atoms with E-state index in [2.05, 4.69) is 0 Å². The van der Waals surface area contributed by atoms with Crippen LogP contribution in [0.4, 0.5) is 0 Å². The van der Waals surface area contributed by atoms with Crippen molar-refractivity contribution in [1.82, 2.24) is 4.90 Å². The second kappa shape index (κ2) is 6.53. The van der Waals surface area contributed by atoms with Gasteiger partial charge in [0.2, 0.25) is 5.91 Å². The van der Waals surface area contributed by atoms with Gasteiger partial charge >= 0.3 is 0 Å². The molecule has 4 heteroatoms. The van der Waals surface area contributed by atoms with E-state index in [1.807, 2.05) is 11.9 Å². The van der Waals surface area contributed by atoms with Crippen LogP contribution in [0.25, 0.3) is 0 Å². The molecular weight excluding hydrogens is 228 g/mol. The van der Waals surface area contributed by atoms with Crippen molar-refractivity contribution >= 4 is 5.91 Å². The fourth-order valence-corrected chi connectivity index (χ4v) is 2.88. The van der Waals surface area contributed by atoms with Crippen molar-refractivity contribution in [3.63, 3.8) is 0 Å². The molecule has 0 aromatic rings. The van der Waals surface area contributed by atoms with E-state index in [4.69, 9.17) is 10.5 Å². The number of hydrogen-bond acceptors (Lipinski definition) is 3. The Morgan fingerprint density at radius 3 is 2.50 bits per heavy atom. The summed E-state index contributed by atoms with van der Waals surface area (Å²) in [5.41, 5.74) is 5.79. The molecule has 2 atom stereocenters. The summed E-state index contributed by atoms with van der Waals surface area (Å²) in [7, 11) is 1.88. The van der Waals surface area contributed by atoms with Crippen molar-refractivity contribution in [2.45, 2.75) is 44.6 Å². The fourth-order valence-electron chi connectivity index (χ4n) is 2.88. The Bertz CT molecular complexity index is 279. The third-order valence-electron chi connectivity index (χ3n) is 4.41. The highest BCUT2D eigenvalue weighted by atomic mass is 16.5. The Morgan fingerprint density at radius 1 is 1.22 bits per heavy atom. The van der Waals surface area contributed by atoms with Gasteiger partial charge in [0.25, 0.3) is 0 Å². The Kier molecular flexibility index (Phi) is 5.01. The van der Waals surface area contributed by atoms with Crippen molar-refractivity contribution in [2.24, 2.45) is 17.6 Å². The monoisotopic (exact) mass is 254 g/mol. The number of amides is 1. The maximum atomic E-state index is 11.8. The van der Waals surface area contributed by atoms with E-state index >= 15 is 0 Å². The lowest BCUT2D eigenvalue weighted by atomic mass is 9.80. The van der Waals surface area contributed by atoms with Gasteiger partial charge in [0.05, 0.1) is 6.61 Å². The van der Waals surface area contributed by atoms with Crippen LogP contribution in [0.2, 0.25) is 0 Å². The highest BCUT2D eigenvalue weighted by Crippen LogP contribution is 2.29. The first kappa shape index (κ1) is 13.8. The maximum absolute atomic E-state index is 11.8. The smallest absolute Gasteiger partial charge is 0.248 e. The predicted octanol–water partition coefficient (Wildman–Crippen LogP) is 1.39. The zero-order chi connectivity index (χ0) is 13.0. The van der Waals surface area contributed by atoms with Crippen LogP contribution in [0, 0.1) is 11.8 Å². The third kappa shape index (κ3) is 3.69. The molecule has 0 spiro atoms. The molecule has 2 aliphatic rings. The van der Waals surface area contributed by atoms with Gasteiger partial charge in [0.15, 0.2) is 0 Å². The van der Waals surface area contributed by atoms with Crippen LogP contribution >= 0.6 is 0 Å². The van der Waals surface area contributed by atoms with Gasteiger partial charge in [-0.3, -0.25) is 4.79 Å². The standard InChI is InChI=1S/C14H26N2O2/c1-16(13-6-7-13)14(17)10-18-9-12-5-3-2-4-11(12)8-15/h11-13H,2-10,15H2,1H3. The summed E-state index contributed by atoms with van der Waals surface area (Å²) in [5, 5.41) is 0. The SMILES string of the molecule is CN(C(=O)COCC1CCCCC1CN)C1CC1. The molecule has 18 heavy (non-hydrogen) atoms. The number of likely N-dealkylation sites (N-methyl/N-ethyl adjacent to an activating group) is 1. The molecule has 0 bridgehead atoms. The molecule has 2 unspecified atom stereocenters. The van der Waals surface area contributed by atoms with Crippen molar-refractivity contribution < 1.29 is 9.53 Å². The Balaban J connectivity index is 1.65. The van der Waals surface area contributed by atoms with Gasteiger partial charge in [-0.05, 0) is 44.1 Å². The van der Waals surface area contributed by atoms with Crippen LogP contribution in [0.5, 0.6) is 0 Å². The van der Waals surface area contributed by atoms with E-state index in [-0.39, 0.29) is 12.5 Å². The number of nitrogens with zero attached hydrogens (tertiary/aromatic N) is 1. The van der Waals surface area contributed by atoms with Crippen LogP contribution in [-0.2, 0) is 9.53 Å². The lowest BCUT2D eigenvalue weighted by Crippen LogP contribution is -2.34. The van der Waals surface area contributed by atoms with Gasteiger partial charge in [-0.15, -0.1) is 0 Å². The van der Waals surface area contributed by atoms with Gasteiger partial charge in [0.1, 0.15) is 6.61 Å². The molecule has 2 saturated carbocycles. The summed E-state index contributed by atoms with van der Waals surface area (Å²) in [6.45, 7) is 1.69. The summed E-state index contributed by atoms with van der Waals surface area (Å²) >= 11 is 0. The van der Waals surface area contributed by atoms with Crippen LogP contribution in [0.15, 0.2) is 0 Å². The molecule has 2 N–H and O–H groups in total. The lowest BCUT2D eigenvalue weighted by molar-refractivity contribution is -0.136. The normalized spacial score (nSPS) is 28.1. The van der Waals surface area contributed by atoms with Gasteiger partial charge in [0, 0.05) is 13.1 Å². The number of hydrogen-bond donors (Lipinski definition) is 1. The zero-order valence-corrected chi connectivity index (χ0v) is 11.4. The second-order valence-corrected chi connectivity index (χ2v) is 5.79. The van der Waals surface area contributed by atoms with Crippen molar-refractivity contribution in [1.29, 1.82) is 0 Å². The van der Waals surface area contributed by atoms with Crippen LogP contribution in [0.3, 0.4) is 0 Å². The summed E-state index contributed by atoms with van der Waals surface area (Å²) in [4.78, 5) is 13.6. The molecule has 0 aromatic heterocycles. The average molecular weight is 254 g/mol. The van der Waals surface area contributed by atoms with E-state index in [1.165, 1.54) is 25.7 Å². The first-order valence-corrected chi connectivity index (χ1v) is 7.26. The first-order valence-electron chi connectivity index (χ1n) is 7.26. The highest BCUT2D eigenvalue weighted by molar-refractivity contribution is 5.77. The zero-order valence-electron chi connectivity index (χ0n) is 11.4. The molecule has 0 aromatic carbocycles. The fraction of sp³-hybridized carbons (Fsp3) is 0.929. The minimum absolute atomic E-state index is 0.123. The Hall–Kier alpha value is -0.610. The number of carbonyl (C=O) groups is 1. The summed E-state index contributed by atoms with van der Waals surface area (Å²) in [5.74, 6) is 1.27. The van der Waals surface area contributed by atoms with Crippen LogP contribution < -0.4 is 5.73 Å². The topological polar surface area (TPSA) is 55.6 Å². The predicted molar refractivity (Wildman–Crippen MR) is 71.1 cm³/mol. The van der Waals surface area contributed by atoms with E-state index in [0.717, 1.165) is 19.4 Å². The van der Waals surface area contributed by atoms with E-state index in [1.54, 1.807) is 0 Å². The molecule has 0 aliphatic heterocycles. The number of carbonyl (C=O) groups excluding carboxylic acids is 1. The summed E-state index contributed by atoms with van der Waals surface area (Å²) in [6, 6.07) is 0.479. The van der Waals surface area contributed by atoms with Gasteiger partial charge in [-0.2, -0.15) is 0 Å². The van der Waals surface area contributed by atoms with E-state index in [0.29, 0.717) is 24.5 Å². The third-order valence-corrected chi connectivity index (χ3v) is 4.41. The molecule has 1 amide bonds. The molecule has 104 valence electrons.